The number of alkyl halides is 2. The lowest BCUT2D eigenvalue weighted by Crippen LogP contribution is -2.31. The first-order chi connectivity index (χ1) is 9.20. The summed E-state index contributed by atoms with van der Waals surface area (Å²) in [7, 11) is 0. The molecular formula is C15H15Cl2FS. The second-order valence-electron chi connectivity index (χ2n) is 4.63. The molecule has 19 heavy (non-hydrogen) atoms. The summed E-state index contributed by atoms with van der Waals surface area (Å²) in [5, 5.41) is 2.07. The molecule has 102 valence electrons. The maximum Gasteiger partial charge on any atom is 0.123 e. The van der Waals surface area contributed by atoms with E-state index in [2.05, 4.69) is 11.4 Å². The Bertz CT molecular complexity index is 489. The van der Waals surface area contributed by atoms with Gasteiger partial charge in [0.1, 0.15) is 5.82 Å². The zero-order valence-electron chi connectivity index (χ0n) is 10.4. The van der Waals surface area contributed by atoms with Crippen LogP contribution in [-0.2, 0) is 11.8 Å². The molecule has 0 bridgehead atoms. The molecule has 0 saturated carbocycles. The fourth-order valence-electron chi connectivity index (χ4n) is 2.09. The summed E-state index contributed by atoms with van der Waals surface area (Å²) in [6.07, 6.45) is 1.81. The highest BCUT2D eigenvalue weighted by molar-refractivity contribution is 7.09. The normalized spacial score (nSPS) is 11.7. The van der Waals surface area contributed by atoms with Crippen molar-refractivity contribution in [2.24, 2.45) is 0 Å². The van der Waals surface area contributed by atoms with Crippen molar-refractivity contribution >= 4 is 34.5 Å². The summed E-state index contributed by atoms with van der Waals surface area (Å²) in [6, 6.07) is 10.7. The van der Waals surface area contributed by atoms with Crippen LogP contribution in [0.1, 0.15) is 16.9 Å². The predicted octanol–water partition coefficient (Wildman–Crippen LogP) is 5.24. The van der Waals surface area contributed by atoms with Crippen LogP contribution in [0.2, 0.25) is 0 Å². The van der Waals surface area contributed by atoms with Gasteiger partial charge in [-0.05, 0) is 42.0 Å². The quantitative estimate of drug-likeness (QED) is 0.640. The van der Waals surface area contributed by atoms with Crippen molar-refractivity contribution in [2.75, 3.05) is 11.8 Å². The number of benzene rings is 1. The Morgan fingerprint density at radius 2 is 1.74 bits per heavy atom. The zero-order chi connectivity index (χ0) is 13.7. The molecule has 4 heteroatoms. The van der Waals surface area contributed by atoms with Crippen molar-refractivity contribution in [3.63, 3.8) is 0 Å². The molecule has 0 spiro atoms. The average molecular weight is 317 g/mol. The molecule has 1 aromatic carbocycles. The third kappa shape index (κ3) is 3.50. The van der Waals surface area contributed by atoms with Gasteiger partial charge in [0.05, 0.1) is 0 Å². The summed E-state index contributed by atoms with van der Waals surface area (Å²) in [5.74, 6) is 0.640. The summed E-state index contributed by atoms with van der Waals surface area (Å²) in [4.78, 5) is 1.32. The van der Waals surface area contributed by atoms with Gasteiger partial charge in [-0.3, -0.25) is 0 Å². The lowest BCUT2D eigenvalue weighted by molar-refractivity contribution is 0.493. The van der Waals surface area contributed by atoms with Crippen molar-refractivity contribution in [1.82, 2.24) is 0 Å². The smallest absolute Gasteiger partial charge is 0.123 e. The first-order valence-corrected chi connectivity index (χ1v) is 8.05. The SMILES string of the molecule is Fc1ccc(C(CCl)(CCl)CCc2cccs2)cc1. The largest absolute Gasteiger partial charge is 0.207 e. The molecule has 2 aromatic rings. The van der Waals surface area contributed by atoms with Gasteiger partial charge in [0, 0.05) is 22.1 Å². The molecule has 0 radical (unpaired) electrons. The van der Waals surface area contributed by atoms with E-state index < -0.39 is 0 Å². The molecular weight excluding hydrogens is 302 g/mol. The number of aryl methyl sites for hydroxylation is 1. The van der Waals surface area contributed by atoms with E-state index in [4.69, 9.17) is 23.2 Å². The lowest BCUT2D eigenvalue weighted by atomic mass is 9.80. The molecule has 1 aromatic heterocycles. The predicted molar refractivity (Wildman–Crippen MR) is 82.2 cm³/mol. The number of rotatable bonds is 6. The van der Waals surface area contributed by atoms with E-state index in [1.54, 1.807) is 23.5 Å². The fourth-order valence-corrected chi connectivity index (χ4v) is 3.66. The molecule has 0 N–H and O–H groups in total. The lowest BCUT2D eigenvalue weighted by Gasteiger charge is -2.30. The van der Waals surface area contributed by atoms with Gasteiger partial charge in [-0.15, -0.1) is 34.5 Å². The van der Waals surface area contributed by atoms with Crippen LogP contribution in [0.5, 0.6) is 0 Å². The first-order valence-electron chi connectivity index (χ1n) is 6.10. The van der Waals surface area contributed by atoms with Crippen molar-refractivity contribution in [2.45, 2.75) is 18.3 Å². The second-order valence-corrected chi connectivity index (χ2v) is 6.20. The van der Waals surface area contributed by atoms with Gasteiger partial charge in [0.2, 0.25) is 0 Å². The van der Waals surface area contributed by atoms with Gasteiger partial charge in [0.15, 0.2) is 0 Å². The highest BCUT2D eigenvalue weighted by Crippen LogP contribution is 2.33. The Morgan fingerprint density at radius 1 is 1.05 bits per heavy atom. The van der Waals surface area contributed by atoms with Crippen molar-refractivity contribution in [3.05, 3.63) is 58.0 Å². The number of hydrogen-bond donors (Lipinski definition) is 0. The Hall–Kier alpha value is -0.570. The molecule has 0 aliphatic heterocycles. The van der Waals surface area contributed by atoms with Gasteiger partial charge in [-0.1, -0.05) is 18.2 Å². The molecule has 0 saturated heterocycles. The standard InChI is InChI=1S/C15H15Cl2FS/c16-10-15(11-17,8-7-14-2-1-9-19-14)12-3-5-13(18)6-4-12/h1-6,9H,7-8,10-11H2. The Balaban J connectivity index is 2.19. The summed E-state index contributed by atoms with van der Waals surface area (Å²) in [6.45, 7) is 0. The van der Waals surface area contributed by atoms with Crippen LogP contribution in [0.15, 0.2) is 41.8 Å². The highest BCUT2D eigenvalue weighted by atomic mass is 35.5. The third-order valence-electron chi connectivity index (χ3n) is 3.40. The van der Waals surface area contributed by atoms with E-state index in [0.29, 0.717) is 11.8 Å². The Labute approximate surface area is 127 Å². The van der Waals surface area contributed by atoms with Crippen LogP contribution in [-0.4, -0.2) is 11.8 Å². The molecule has 0 fully saturated rings. The van der Waals surface area contributed by atoms with Gasteiger partial charge in [-0.25, -0.2) is 4.39 Å². The van der Waals surface area contributed by atoms with E-state index in [-0.39, 0.29) is 11.2 Å². The van der Waals surface area contributed by atoms with Crippen LogP contribution in [0.3, 0.4) is 0 Å². The average Bonchev–Trinajstić information content (AvgIpc) is 2.95. The zero-order valence-corrected chi connectivity index (χ0v) is 12.7. The summed E-state index contributed by atoms with van der Waals surface area (Å²) < 4.78 is 13.0. The highest BCUT2D eigenvalue weighted by Gasteiger charge is 2.30. The Morgan fingerprint density at radius 3 is 2.26 bits per heavy atom. The minimum absolute atomic E-state index is 0.236. The topological polar surface area (TPSA) is 0 Å². The number of hydrogen-bond acceptors (Lipinski definition) is 1. The van der Waals surface area contributed by atoms with Gasteiger partial charge in [-0.2, -0.15) is 0 Å². The minimum atomic E-state index is -0.291. The van der Waals surface area contributed by atoms with Gasteiger partial charge < -0.3 is 0 Å². The van der Waals surface area contributed by atoms with Crippen molar-refractivity contribution in [1.29, 1.82) is 0 Å². The van der Waals surface area contributed by atoms with Crippen molar-refractivity contribution < 1.29 is 4.39 Å². The molecule has 2 rings (SSSR count). The van der Waals surface area contributed by atoms with Crippen molar-refractivity contribution in [3.8, 4) is 0 Å². The van der Waals surface area contributed by atoms with Gasteiger partial charge in [0.25, 0.3) is 0 Å². The molecule has 0 nitrogen and oxygen atoms in total. The number of thiophene rings is 1. The molecule has 1 heterocycles. The molecule has 0 unspecified atom stereocenters. The third-order valence-corrected chi connectivity index (χ3v) is 5.36. The fraction of sp³-hybridized carbons (Fsp3) is 0.333. The van der Waals surface area contributed by atoms with Crippen LogP contribution < -0.4 is 0 Å². The van der Waals surface area contributed by atoms with Crippen LogP contribution in [0, 0.1) is 5.82 Å². The van der Waals surface area contributed by atoms with Crippen LogP contribution in [0.4, 0.5) is 4.39 Å². The molecule has 0 aliphatic carbocycles. The second kappa shape index (κ2) is 6.74. The maximum absolute atomic E-state index is 13.0. The van der Waals surface area contributed by atoms with Gasteiger partial charge >= 0.3 is 0 Å². The summed E-state index contributed by atoms with van der Waals surface area (Å²) >= 11 is 14.1. The Kier molecular flexibility index (Phi) is 5.26. The molecule has 0 amide bonds. The van der Waals surface area contributed by atoms with E-state index in [1.165, 1.54) is 17.0 Å². The molecule has 0 aliphatic rings. The number of halogens is 3. The van der Waals surface area contributed by atoms with Crippen LogP contribution in [0.25, 0.3) is 0 Å². The van der Waals surface area contributed by atoms with E-state index in [1.807, 2.05) is 6.07 Å². The molecule has 0 atom stereocenters. The monoisotopic (exact) mass is 316 g/mol. The van der Waals surface area contributed by atoms with E-state index in [0.717, 1.165) is 18.4 Å². The first kappa shape index (κ1) is 14.8. The maximum atomic E-state index is 13.0. The van der Waals surface area contributed by atoms with E-state index >= 15 is 0 Å². The van der Waals surface area contributed by atoms with E-state index in [9.17, 15) is 4.39 Å². The van der Waals surface area contributed by atoms with Crippen LogP contribution >= 0.6 is 34.5 Å². The minimum Gasteiger partial charge on any atom is -0.207 e. The summed E-state index contributed by atoms with van der Waals surface area (Å²) in [5.41, 5.74) is 0.719.